The van der Waals surface area contributed by atoms with Crippen LogP contribution >= 0.6 is 0 Å². The fourth-order valence-corrected chi connectivity index (χ4v) is 3.36. The third-order valence-corrected chi connectivity index (χ3v) is 5.28. The lowest BCUT2D eigenvalue weighted by Gasteiger charge is -2.39. The maximum Gasteiger partial charge on any atom is 0.237 e. The highest BCUT2D eigenvalue weighted by Gasteiger charge is 2.39. The van der Waals surface area contributed by atoms with E-state index in [-0.39, 0.29) is 11.8 Å². The number of hydrogen-bond acceptors (Lipinski definition) is 5. The molecule has 154 valence electrons. The third kappa shape index (κ3) is 4.85. The zero-order chi connectivity index (χ0) is 20.9. The number of nitrogens with zero attached hydrogens (tertiary/aromatic N) is 3. The molecule has 7 nitrogen and oxygen atoms in total. The van der Waals surface area contributed by atoms with Crippen LogP contribution in [0.3, 0.4) is 0 Å². The van der Waals surface area contributed by atoms with Crippen LogP contribution < -0.4 is 15.0 Å². The molecule has 0 bridgehead atoms. The minimum atomic E-state index is -1.12. The number of hydrogen-bond donors (Lipinski definition) is 1. The number of nitrogens with one attached hydrogen (secondary N) is 1. The van der Waals surface area contributed by atoms with Crippen LogP contribution in [0.1, 0.15) is 19.4 Å². The number of amides is 2. The second-order valence-electron chi connectivity index (χ2n) is 7.65. The molecular weight excluding hydrogens is 368 g/mol. The summed E-state index contributed by atoms with van der Waals surface area (Å²) in [7, 11) is 1.65. The van der Waals surface area contributed by atoms with Gasteiger partial charge in [0.1, 0.15) is 11.2 Å². The zero-order valence-electron chi connectivity index (χ0n) is 17.2. The summed E-state index contributed by atoms with van der Waals surface area (Å²) in [6, 6.07) is 11.6. The molecule has 0 aliphatic carbocycles. The van der Waals surface area contributed by atoms with Gasteiger partial charge >= 0.3 is 0 Å². The number of carbonyl (C=O) groups is 2. The van der Waals surface area contributed by atoms with Crippen molar-refractivity contribution in [2.24, 2.45) is 5.41 Å². The zero-order valence-corrected chi connectivity index (χ0v) is 17.2. The predicted molar refractivity (Wildman–Crippen MR) is 112 cm³/mol. The minimum absolute atomic E-state index is 0.143. The smallest absolute Gasteiger partial charge is 0.237 e. The Morgan fingerprint density at radius 1 is 1.10 bits per heavy atom. The second kappa shape index (κ2) is 8.94. The molecule has 7 heteroatoms. The number of aromatic nitrogens is 1. The topological polar surface area (TPSA) is 74.8 Å². The van der Waals surface area contributed by atoms with Crippen molar-refractivity contribution in [3.8, 4) is 5.75 Å². The Morgan fingerprint density at radius 3 is 2.38 bits per heavy atom. The van der Waals surface area contributed by atoms with Crippen molar-refractivity contribution >= 4 is 17.5 Å². The lowest BCUT2D eigenvalue weighted by molar-refractivity contribution is -0.148. The van der Waals surface area contributed by atoms with Crippen LogP contribution in [0.4, 0.5) is 5.69 Å². The summed E-state index contributed by atoms with van der Waals surface area (Å²) >= 11 is 0. The number of pyridine rings is 1. The van der Waals surface area contributed by atoms with Crippen molar-refractivity contribution < 1.29 is 14.3 Å². The van der Waals surface area contributed by atoms with E-state index >= 15 is 0 Å². The largest absolute Gasteiger partial charge is 0.497 e. The number of benzene rings is 1. The highest BCUT2D eigenvalue weighted by Crippen LogP contribution is 2.24. The Kier molecular flexibility index (Phi) is 6.36. The molecule has 2 heterocycles. The molecule has 1 aromatic heterocycles. The molecule has 1 fully saturated rings. The van der Waals surface area contributed by atoms with Crippen LogP contribution in [0, 0.1) is 5.41 Å². The quantitative estimate of drug-likeness (QED) is 0.757. The molecule has 1 saturated heterocycles. The van der Waals surface area contributed by atoms with E-state index in [4.69, 9.17) is 4.74 Å². The van der Waals surface area contributed by atoms with Crippen LogP contribution in [0.5, 0.6) is 5.75 Å². The molecule has 1 N–H and O–H groups in total. The van der Waals surface area contributed by atoms with Gasteiger partial charge in [-0.2, -0.15) is 0 Å². The molecule has 0 radical (unpaired) electrons. The van der Waals surface area contributed by atoms with Gasteiger partial charge in [0.15, 0.2) is 0 Å². The first-order valence-electron chi connectivity index (χ1n) is 9.77. The van der Waals surface area contributed by atoms with Crippen LogP contribution in [0.25, 0.3) is 0 Å². The number of ether oxygens (including phenoxy) is 1. The van der Waals surface area contributed by atoms with Gasteiger partial charge in [0, 0.05) is 50.8 Å². The Bertz CT molecular complexity index is 829. The molecule has 1 aromatic carbocycles. The van der Waals surface area contributed by atoms with Crippen LogP contribution in [0.15, 0.2) is 48.8 Å². The lowest BCUT2D eigenvalue weighted by atomic mass is 9.90. The van der Waals surface area contributed by atoms with Gasteiger partial charge in [-0.05, 0) is 49.7 Å². The molecule has 1 aliphatic heterocycles. The summed E-state index contributed by atoms with van der Waals surface area (Å²) < 4.78 is 5.20. The summed E-state index contributed by atoms with van der Waals surface area (Å²) in [5.41, 5.74) is 0.883. The van der Waals surface area contributed by atoms with Gasteiger partial charge in [-0.25, -0.2) is 0 Å². The van der Waals surface area contributed by atoms with Crippen LogP contribution in [-0.4, -0.2) is 55.0 Å². The Morgan fingerprint density at radius 2 is 1.79 bits per heavy atom. The number of anilines is 1. The number of rotatable bonds is 6. The molecule has 0 spiro atoms. The van der Waals surface area contributed by atoms with Gasteiger partial charge in [0.25, 0.3) is 0 Å². The Hall–Kier alpha value is -3.09. The standard InChI is InChI=1S/C22H28N4O3/c1-22(2,20(27)24-16-17-5-4-10-23-15-17)21(28)26-13-11-25(12-14-26)18-6-8-19(29-3)9-7-18/h4-10,15H,11-14,16H2,1-3H3,(H,24,27). The van der Waals surface area contributed by atoms with Crippen LogP contribution in [0.2, 0.25) is 0 Å². The summed E-state index contributed by atoms with van der Waals surface area (Å²) in [6.45, 7) is 6.35. The van der Waals surface area contributed by atoms with Gasteiger partial charge in [0.05, 0.1) is 7.11 Å². The molecule has 2 aromatic rings. The number of piperazine rings is 1. The molecule has 0 saturated carbocycles. The van der Waals surface area contributed by atoms with Gasteiger partial charge in [-0.3, -0.25) is 14.6 Å². The predicted octanol–water partition coefficient (Wildman–Crippen LogP) is 2.08. The first-order valence-corrected chi connectivity index (χ1v) is 9.77. The lowest BCUT2D eigenvalue weighted by Crippen LogP contribution is -2.55. The van der Waals surface area contributed by atoms with Crippen LogP contribution in [-0.2, 0) is 16.1 Å². The van der Waals surface area contributed by atoms with E-state index in [1.165, 1.54) is 0 Å². The van der Waals surface area contributed by atoms with Crippen molar-refractivity contribution in [1.82, 2.24) is 15.2 Å². The molecule has 3 rings (SSSR count). The SMILES string of the molecule is COc1ccc(N2CCN(C(=O)C(C)(C)C(=O)NCc3cccnc3)CC2)cc1. The fourth-order valence-electron chi connectivity index (χ4n) is 3.36. The maximum atomic E-state index is 13.0. The Labute approximate surface area is 171 Å². The molecule has 29 heavy (non-hydrogen) atoms. The third-order valence-electron chi connectivity index (χ3n) is 5.28. The molecular formula is C22H28N4O3. The van der Waals surface area contributed by atoms with Gasteiger partial charge in [-0.15, -0.1) is 0 Å². The van der Waals surface area contributed by atoms with Crippen molar-refractivity contribution in [3.63, 3.8) is 0 Å². The van der Waals surface area contributed by atoms with Crippen molar-refractivity contribution in [3.05, 3.63) is 54.4 Å². The van der Waals surface area contributed by atoms with Gasteiger partial charge in [0.2, 0.25) is 11.8 Å². The van der Waals surface area contributed by atoms with E-state index in [2.05, 4.69) is 15.2 Å². The summed E-state index contributed by atoms with van der Waals surface area (Å²) in [5, 5.41) is 2.86. The van der Waals surface area contributed by atoms with Crippen molar-refractivity contribution in [2.75, 3.05) is 38.2 Å². The molecule has 0 atom stereocenters. The summed E-state index contributed by atoms with van der Waals surface area (Å²) in [6.07, 6.45) is 3.39. The van der Waals surface area contributed by atoms with E-state index in [1.807, 2.05) is 36.4 Å². The summed E-state index contributed by atoms with van der Waals surface area (Å²) in [5.74, 6) is 0.404. The van der Waals surface area contributed by atoms with E-state index in [9.17, 15) is 9.59 Å². The van der Waals surface area contributed by atoms with E-state index in [1.54, 1.807) is 38.3 Å². The number of carbonyl (C=O) groups excluding carboxylic acids is 2. The monoisotopic (exact) mass is 396 g/mol. The average Bonchev–Trinajstić information content (AvgIpc) is 2.77. The highest BCUT2D eigenvalue weighted by atomic mass is 16.5. The second-order valence-corrected chi connectivity index (χ2v) is 7.65. The van der Waals surface area contributed by atoms with Gasteiger partial charge < -0.3 is 19.9 Å². The summed E-state index contributed by atoms with van der Waals surface area (Å²) in [4.78, 5) is 33.7. The van der Waals surface area contributed by atoms with Crippen molar-refractivity contribution in [2.45, 2.75) is 20.4 Å². The van der Waals surface area contributed by atoms with Gasteiger partial charge in [-0.1, -0.05) is 6.07 Å². The number of methoxy groups -OCH3 is 1. The molecule has 2 amide bonds. The normalized spacial score (nSPS) is 14.4. The van der Waals surface area contributed by atoms with Crippen molar-refractivity contribution in [1.29, 1.82) is 0 Å². The van der Waals surface area contributed by atoms with E-state index in [0.717, 1.165) is 30.1 Å². The minimum Gasteiger partial charge on any atom is -0.497 e. The first kappa shape index (κ1) is 20.6. The fraction of sp³-hybridized carbons (Fsp3) is 0.409. The Balaban J connectivity index is 1.54. The highest BCUT2D eigenvalue weighted by molar-refractivity contribution is 6.04. The van der Waals surface area contributed by atoms with E-state index in [0.29, 0.717) is 19.6 Å². The molecule has 1 aliphatic rings. The first-order chi connectivity index (χ1) is 13.9. The molecule has 0 unspecified atom stereocenters. The average molecular weight is 396 g/mol. The van der Waals surface area contributed by atoms with E-state index < -0.39 is 5.41 Å². The maximum absolute atomic E-state index is 13.0.